The number of pyridine rings is 1. The van der Waals surface area contributed by atoms with Gasteiger partial charge in [0.05, 0.1) is 17.0 Å². The molecule has 3 heterocycles. The molecule has 2 amide bonds. The Morgan fingerprint density at radius 1 is 1.19 bits per heavy atom. The number of amides is 2. The highest BCUT2D eigenvalue weighted by molar-refractivity contribution is 6.30. The quantitative estimate of drug-likeness (QED) is 0.540. The Labute approximate surface area is 223 Å². The fourth-order valence-electron chi connectivity index (χ4n) is 5.87. The van der Waals surface area contributed by atoms with Crippen LogP contribution in [0.3, 0.4) is 0 Å². The van der Waals surface area contributed by atoms with E-state index in [0.29, 0.717) is 22.6 Å². The molecule has 1 aliphatic carbocycles. The molecule has 1 saturated heterocycles. The summed E-state index contributed by atoms with van der Waals surface area (Å²) < 4.78 is 6.44. The van der Waals surface area contributed by atoms with Gasteiger partial charge in [-0.05, 0) is 71.8 Å². The summed E-state index contributed by atoms with van der Waals surface area (Å²) in [6.07, 6.45) is 3.13. The van der Waals surface area contributed by atoms with Crippen LogP contribution in [0.4, 0.5) is 11.5 Å². The van der Waals surface area contributed by atoms with Crippen molar-refractivity contribution in [1.82, 2.24) is 15.2 Å². The Morgan fingerprint density at radius 2 is 1.92 bits per heavy atom. The third kappa shape index (κ3) is 4.66. The van der Waals surface area contributed by atoms with E-state index < -0.39 is 11.6 Å². The van der Waals surface area contributed by atoms with Gasteiger partial charge in [0.25, 0.3) is 5.91 Å². The van der Waals surface area contributed by atoms with Gasteiger partial charge >= 0.3 is 0 Å². The minimum atomic E-state index is -1.19. The molecule has 2 N–H and O–H groups in total. The van der Waals surface area contributed by atoms with Crippen molar-refractivity contribution in [2.45, 2.75) is 64.1 Å². The van der Waals surface area contributed by atoms with Gasteiger partial charge in [0.1, 0.15) is 11.6 Å². The van der Waals surface area contributed by atoms with Gasteiger partial charge in [-0.3, -0.25) is 9.59 Å². The molecule has 1 aromatic carbocycles. The van der Waals surface area contributed by atoms with Crippen LogP contribution in [-0.4, -0.2) is 65.6 Å². The van der Waals surface area contributed by atoms with Crippen LogP contribution in [0.2, 0.25) is 5.02 Å². The first-order valence-electron chi connectivity index (χ1n) is 13.3. The minimum Gasteiger partial charge on any atom is -0.474 e. The number of ether oxygens (including phenoxy) is 1. The molecule has 1 saturated carbocycles. The maximum atomic E-state index is 13.7. The zero-order valence-electron chi connectivity index (χ0n) is 22.0. The largest absolute Gasteiger partial charge is 0.474 e. The maximum absolute atomic E-state index is 13.7. The number of hydrogen-bond acceptors (Lipinski definition) is 6. The zero-order chi connectivity index (χ0) is 26.3. The summed E-state index contributed by atoms with van der Waals surface area (Å²) in [4.78, 5) is 35.8. The van der Waals surface area contributed by atoms with Crippen LogP contribution >= 0.6 is 11.6 Å². The minimum absolute atomic E-state index is 0.00418. The highest BCUT2D eigenvalue weighted by atomic mass is 35.5. The second-order valence-electron chi connectivity index (χ2n) is 10.5. The van der Waals surface area contributed by atoms with Gasteiger partial charge in [-0.1, -0.05) is 17.7 Å². The second-order valence-corrected chi connectivity index (χ2v) is 10.9. The molecule has 0 bridgehead atoms. The van der Waals surface area contributed by atoms with E-state index >= 15 is 0 Å². The normalized spacial score (nSPS) is 24.7. The number of nitrogens with zero attached hydrogens (tertiary/aromatic N) is 3. The van der Waals surface area contributed by atoms with Crippen LogP contribution in [0.25, 0.3) is 0 Å². The van der Waals surface area contributed by atoms with Gasteiger partial charge in [0.2, 0.25) is 11.5 Å². The summed E-state index contributed by atoms with van der Waals surface area (Å²) in [6.45, 7) is 12.2. The van der Waals surface area contributed by atoms with Gasteiger partial charge in [0, 0.05) is 48.6 Å². The van der Waals surface area contributed by atoms with E-state index in [1.54, 1.807) is 12.1 Å². The third-order valence-electron chi connectivity index (χ3n) is 8.14. The number of nitrogens with one attached hydrogen (secondary N) is 2. The van der Waals surface area contributed by atoms with E-state index in [1.807, 2.05) is 12.1 Å². The lowest BCUT2D eigenvalue weighted by Crippen LogP contribution is -2.47. The molecular weight excluding hydrogens is 490 g/mol. The SMILES string of the molecule is CCN(CC)c1ccc2c(c1)OC1(C(=O)Nc3ccc(Cl)cn3)C(NC(=O)C3CCN(C(C)C)CC3)C21. The summed E-state index contributed by atoms with van der Waals surface area (Å²) in [5, 5.41) is 6.57. The Morgan fingerprint density at radius 3 is 2.54 bits per heavy atom. The van der Waals surface area contributed by atoms with E-state index in [1.165, 1.54) is 6.20 Å². The Balaban J connectivity index is 1.37. The zero-order valence-corrected chi connectivity index (χ0v) is 22.7. The first-order valence-corrected chi connectivity index (χ1v) is 13.7. The molecule has 9 heteroatoms. The predicted molar refractivity (Wildman–Crippen MR) is 145 cm³/mol. The molecule has 3 atom stereocenters. The van der Waals surface area contributed by atoms with Crippen molar-refractivity contribution in [3.8, 4) is 5.75 Å². The first kappa shape index (κ1) is 25.8. The van der Waals surface area contributed by atoms with Crippen LogP contribution in [0, 0.1) is 5.92 Å². The number of hydrogen-bond donors (Lipinski definition) is 2. The van der Waals surface area contributed by atoms with Gasteiger partial charge in [-0.15, -0.1) is 0 Å². The monoisotopic (exact) mass is 525 g/mol. The number of carbonyl (C=O) groups is 2. The average molecular weight is 526 g/mol. The molecule has 3 aliphatic rings. The molecule has 2 aromatic rings. The fraction of sp³-hybridized carbons (Fsp3) is 0.536. The van der Waals surface area contributed by atoms with Crippen molar-refractivity contribution >= 4 is 34.9 Å². The fourth-order valence-corrected chi connectivity index (χ4v) is 5.98. The summed E-state index contributed by atoms with van der Waals surface area (Å²) in [5.41, 5.74) is 0.812. The molecule has 2 aliphatic heterocycles. The molecule has 8 nitrogen and oxygen atoms in total. The number of benzene rings is 1. The molecule has 5 rings (SSSR count). The van der Waals surface area contributed by atoms with E-state index in [2.05, 4.69) is 59.2 Å². The third-order valence-corrected chi connectivity index (χ3v) is 8.36. The van der Waals surface area contributed by atoms with Crippen molar-refractivity contribution in [1.29, 1.82) is 0 Å². The molecular formula is C28H36ClN5O3. The van der Waals surface area contributed by atoms with Crippen LogP contribution in [0.5, 0.6) is 5.75 Å². The molecule has 0 radical (unpaired) electrons. The number of aromatic nitrogens is 1. The summed E-state index contributed by atoms with van der Waals surface area (Å²) in [6, 6.07) is 9.50. The molecule has 2 fully saturated rings. The molecule has 0 spiro atoms. The summed E-state index contributed by atoms with van der Waals surface area (Å²) >= 11 is 5.96. The Bertz CT molecular complexity index is 1160. The highest BCUT2D eigenvalue weighted by Crippen LogP contribution is 2.63. The van der Waals surface area contributed by atoms with Gasteiger partial charge in [-0.2, -0.15) is 0 Å². The first-order chi connectivity index (χ1) is 17.8. The summed E-state index contributed by atoms with van der Waals surface area (Å²) in [5.74, 6) is 0.477. The second kappa shape index (κ2) is 10.1. The van der Waals surface area contributed by atoms with Crippen LogP contribution in [0.1, 0.15) is 52.0 Å². The lowest BCUT2D eigenvalue weighted by atomic mass is 9.95. The molecule has 3 unspecified atom stereocenters. The predicted octanol–water partition coefficient (Wildman–Crippen LogP) is 4.05. The number of anilines is 2. The summed E-state index contributed by atoms with van der Waals surface area (Å²) in [7, 11) is 0. The van der Waals surface area contributed by atoms with Crippen LogP contribution < -0.4 is 20.3 Å². The lowest BCUT2D eigenvalue weighted by molar-refractivity contribution is -0.128. The highest BCUT2D eigenvalue weighted by Gasteiger charge is 2.77. The van der Waals surface area contributed by atoms with E-state index in [9.17, 15) is 9.59 Å². The number of carbonyl (C=O) groups excluding carboxylic acids is 2. The van der Waals surface area contributed by atoms with E-state index in [-0.39, 0.29) is 23.7 Å². The average Bonchev–Trinajstić information content (AvgIpc) is 3.37. The number of halogens is 1. The Hall–Kier alpha value is -2.84. The van der Waals surface area contributed by atoms with E-state index in [4.69, 9.17) is 16.3 Å². The van der Waals surface area contributed by atoms with Gasteiger partial charge in [-0.25, -0.2) is 4.98 Å². The van der Waals surface area contributed by atoms with Crippen molar-refractivity contribution < 1.29 is 14.3 Å². The number of fused-ring (bicyclic) bond motifs is 3. The van der Waals surface area contributed by atoms with Crippen molar-refractivity contribution in [3.05, 3.63) is 47.1 Å². The van der Waals surface area contributed by atoms with E-state index in [0.717, 1.165) is 50.3 Å². The Kier molecular flexibility index (Phi) is 7.07. The number of piperidine rings is 1. The maximum Gasteiger partial charge on any atom is 0.272 e. The lowest BCUT2D eigenvalue weighted by Gasteiger charge is -2.34. The molecule has 198 valence electrons. The molecule has 37 heavy (non-hydrogen) atoms. The van der Waals surface area contributed by atoms with Crippen molar-refractivity contribution in [2.75, 3.05) is 36.4 Å². The number of rotatable bonds is 8. The van der Waals surface area contributed by atoms with Gasteiger partial charge in [0.15, 0.2) is 0 Å². The van der Waals surface area contributed by atoms with Crippen molar-refractivity contribution in [2.24, 2.45) is 5.92 Å². The topological polar surface area (TPSA) is 86.8 Å². The number of likely N-dealkylation sites (tertiary alicyclic amines) is 1. The molecule has 1 aromatic heterocycles. The smallest absolute Gasteiger partial charge is 0.272 e. The standard InChI is InChI=1S/C28H36ClN5O3/c1-5-33(6-2)20-8-9-21-22(15-20)37-28(27(36)31-23-10-7-19(29)16-30-23)24(21)25(28)32-26(35)18-11-13-34(14-12-18)17(3)4/h7-10,15-18,24-25H,5-6,11-14H2,1-4H3,(H,32,35)(H,30,31,36). The van der Waals surface area contributed by atoms with Crippen LogP contribution in [0.15, 0.2) is 36.5 Å². The van der Waals surface area contributed by atoms with Gasteiger partial charge < -0.3 is 25.2 Å². The van der Waals surface area contributed by atoms with Crippen molar-refractivity contribution in [3.63, 3.8) is 0 Å². The van der Waals surface area contributed by atoms with Crippen LogP contribution in [-0.2, 0) is 9.59 Å².